The van der Waals surface area contributed by atoms with E-state index in [0.29, 0.717) is 0 Å². The molecular formula is C32H56. The van der Waals surface area contributed by atoms with Crippen molar-refractivity contribution in [3.05, 3.63) is 41.5 Å². The monoisotopic (exact) mass is 440 g/mol. The average Bonchev–Trinajstić information content (AvgIpc) is 2.82. The highest BCUT2D eigenvalue weighted by molar-refractivity contribution is 5.49. The summed E-state index contributed by atoms with van der Waals surface area (Å²) in [5, 5.41) is 0. The number of allylic oxidation sites excluding steroid dienone is 1. The maximum Gasteiger partial charge on any atom is -0.0260 e. The zero-order valence-corrected chi connectivity index (χ0v) is 22.0. The van der Waals surface area contributed by atoms with Crippen LogP contribution in [-0.4, -0.2) is 0 Å². The molecule has 0 atom stereocenters. The van der Waals surface area contributed by atoms with Crippen molar-refractivity contribution in [1.29, 1.82) is 0 Å². The van der Waals surface area contributed by atoms with Crippen molar-refractivity contribution >= 4 is 6.08 Å². The third kappa shape index (κ3) is 18.5. The van der Waals surface area contributed by atoms with E-state index < -0.39 is 0 Å². The fourth-order valence-electron chi connectivity index (χ4n) is 4.58. The summed E-state index contributed by atoms with van der Waals surface area (Å²) in [4.78, 5) is 0. The maximum absolute atomic E-state index is 2.38. The molecule has 0 radical (unpaired) electrons. The van der Waals surface area contributed by atoms with Crippen LogP contribution in [0.25, 0.3) is 6.08 Å². The summed E-state index contributed by atoms with van der Waals surface area (Å²) in [6.45, 7) is 4.59. The van der Waals surface area contributed by atoms with Crippen LogP contribution in [0.1, 0.15) is 160 Å². The Bertz CT molecular complexity index is 509. The fraction of sp³-hybridized carbons (Fsp3) is 0.750. The first-order valence-electron chi connectivity index (χ1n) is 14.6. The number of hydrogen-bond acceptors (Lipinski definition) is 0. The van der Waals surface area contributed by atoms with E-state index in [-0.39, 0.29) is 0 Å². The summed E-state index contributed by atoms with van der Waals surface area (Å²) in [7, 11) is 0. The van der Waals surface area contributed by atoms with Crippen molar-refractivity contribution in [2.75, 3.05) is 0 Å². The smallest absolute Gasteiger partial charge is 0.0260 e. The van der Waals surface area contributed by atoms with Gasteiger partial charge in [0, 0.05) is 0 Å². The number of unbranched alkanes of at least 4 members (excludes halogenated alkanes) is 19. The molecule has 0 fully saturated rings. The van der Waals surface area contributed by atoms with Crippen LogP contribution in [0.2, 0.25) is 0 Å². The molecule has 0 unspecified atom stereocenters. The van der Waals surface area contributed by atoms with Gasteiger partial charge in [-0.25, -0.2) is 0 Å². The Balaban J connectivity index is 1.95. The lowest BCUT2D eigenvalue weighted by Crippen LogP contribution is -1.87. The van der Waals surface area contributed by atoms with Crippen LogP contribution in [0.5, 0.6) is 0 Å². The minimum atomic E-state index is 1.23. The molecule has 0 heteroatoms. The summed E-state index contributed by atoms with van der Waals surface area (Å²) < 4.78 is 0. The van der Waals surface area contributed by atoms with Crippen molar-refractivity contribution < 1.29 is 0 Å². The molecule has 0 aliphatic rings. The van der Waals surface area contributed by atoms with Gasteiger partial charge in [0.25, 0.3) is 0 Å². The van der Waals surface area contributed by atoms with Crippen molar-refractivity contribution in [2.24, 2.45) is 0 Å². The molecule has 0 aliphatic carbocycles. The second-order valence-electron chi connectivity index (χ2n) is 10.0. The lowest BCUT2D eigenvalue weighted by molar-refractivity contribution is 0.556. The molecule has 0 saturated carbocycles. The fourth-order valence-corrected chi connectivity index (χ4v) is 4.58. The number of hydrogen-bond donors (Lipinski definition) is 0. The second-order valence-corrected chi connectivity index (χ2v) is 10.0. The number of aryl methyl sites for hydroxylation is 1. The first-order valence-corrected chi connectivity index (χ1v) is 14.6. The van der Waals surface area contributed by atoms with Gasteiger partial charge >= 0.3 is 0 Å². The van der Waals surface area contributed by atoms with E-state index in [1.165, 1.54) is 152 Å². The summed E-state index contributed by atoms with van der Waals surface area (Å²) in [5.41, 5.74) is 2.88. The Kier molecular flexibility index (Phi) is 21.0. The molecule has 0 nitrogen and oxygen atoms in total. The van der Waals surface area contributed by atoms with Gasteiger partial charge in [-0.15, -0.1) is 0 Å². The van der Waals surface area contributed by atoms with Crippen LogP contribution in [0.3, 0.4) is 0 Å². The molecule has 1 aromatic rings. The minimum absolute atomic E-state index is 1.23. The van der Waals surface area contributed by atoms with Crippen LogP contribution in [-0.2, 0) is 6.42 Å². The Morgan fingerprint density at radius 2 is 0.875 bits per heavy atom. The van der Waals surface area contributed by atoms with Gasteiger partial charge in [-0.1, -0.05) is 166 Å². The van der Waals surface area contributed by atoms with Crippen LogP contribution in [0.4, 0.5) is 0 Å². The summed E-state index contributed by atoms with van der Waals surface area (Å²) in [6, 6.07) is 9.29. The molecule has 32 heavy (non-hydrogen) atoms. The van der Waals surface area contributed by atoms with Gasteiger partial charge in [-0.3, -0.25) is 0 Å². The molecule has 0 aliphatic heterocycles. The minimum Gasteiger partial charge on any atom is -0.0839 e. The summed E-state index contributed by atoms with van der Waals surface area (Å²) in [5.74, 6) is 0. The van der Waals surface area contributed by atoms with E-state index in [1.807, 2.05) is 0 Å². The molecule has 0 aromatic heterocycles. The van der Waals surface area contributed by atoms with E-state index in [4.69, 9.17) is 0 Å². The lowest BCUT2D eigenvalue weighted by Gasteiger charge is -2.04. The van der Waals surface area contributed by atoms with Gasteiger partial charge in [-0.2, -0.15) is 0 Å². The van der Waals surface area contributed by atoms with Gasteiger partial charge in [0.05, 0.1) is 0 Å². The molecule has 0 N–H and O–H groups in total. The Labute approximate surface area is 202 Å². The van der Waals surface area contributed by atoms with E-state index in [9.17, 15) is 0 Å². The lowest BCUT2D eigenvalue weighted by atomic mass is 10.0. The molecule has 0 spiro atoms. The summed E-state index contributed by atoms with van der Waals surface area (Å²) >= 11 is 0. The molecule has 0 amide bonds. The van der Waals surface area contributed by atoms with Crippen LogP contribution < -0.4 is 0 Å². The second kappa shape index (κ2) is 23.1. The Morgan fingerprint density at radius 3 is 1.34 bits per heavy atom. The SMILES string of the molecule is CCCCCCCCCCCCC=Cc1ccc(CCCCCCCCCCCC)cc1. The highest BCUT2D eigenvalue weighted by Gasteiger charge is 1.96. The summed E-state index contributed by atoms with van der Waals surface area (Å²) in [6.07, 6.45) is 35.6. The zero-order chi connectivity index (χ0) is 23.0. The molecule has 1 rings (SSSR count). The predicted octanol–water partition coefficient (Wildman–Crippen LogP) is 11.5. The molecule has 184 valence electrons. The maximum atomic E-state index is 2.38. The first-order chi connectivity index (χ1) is 15.9. The number of rotatable bonds is 23. The van der Waals surface area contributed by atoms with Crippen LogP contribution in [0.15, 0.2) is 30.3 Å². The molecular weight excluding hydrogens is 384 g/mol. The van der Waals surface area contributed by atoms with E-state index in [1.54, 1.807) is 0 Å². The molecule has 0 saturated heterocycles. The molecule has 0 heterocycles. The van der Waals surface area contributed by atoms with Crippen molar-refractivity contribution in [2.45, 2.75) is 155 Å². The normalized spacial score (nSPS) is 11.6. The highest BCUT2D eigenvalue weighted by atomic mass is 14.0. The van der Waals surface area contributed by atoms with Crippen LogP contribution >= 0.6 is 0 Å². The highest BCUT2D eigenvalue weighted by Crippen LogP contribution is 2.15. The van der Waals surface area contributed by atoms with Crippen molar-refractivity contribution in [3.8, 4) is 0 Å². The predicted molar refractivity (Wildman–Crippen MR) is 147 cm³/mol. The molecule has 1 aromatic carbocycles. The largest absolute Gasteiger partial charge is 0.0839 e. The zero-order valence-electron chi connectivity index (χ0n) is 22.0. The third-order valence-corrected chi connectivity index (χ3v) is 6.83. The van der Waals surface area contributed by atoms with E-state index in [0.717, 1.165) is 0 Å². The Morgan fingerprint density at radius 1 is 0.469 bits per heavy atom. The quantitative estimate of drug-likeness (QED) is 0.148. The first kappa shape index (κ1) is 29.0. The van der Waals surface area contributed by atoms with E-state index in [2.05, 4.69) is 50.3 Å². The van der Waals surface area contributed by atoms with Crippen molar-refractivity contribution in [1.82, 2.24) is 0 Å². The van der Waals surface area contributed by atoms with Gasteiger partial charge in [0.15, 0.2) is 0 Å². The topological polar surface area (TPSA) is 0 Å². The van der Waals surface area contributed by atoms with Gasteiger partial charge in [-0.05, 0) is 36.8 Å². The Hall–Kier alpha value is -1.04. The third-order valence-electron chi connectivity index (χ3n) is 6.83. The van der Waals surface area contributed by atoms with Crippen LogP contribution in [0, 0.1) is 0 Å². The standard InChI is InChI=1S/C32H56/c1-3-5-7-9-11-13-15-16-18-20-22-24-26-32-29-27-31(28-30-32)25-23-21-19-17-14-12-10-8-6-4-2/h24,26-30H,3-23,25H2,1-2H3. The van der Waals surface area contributed by atoms with Crippen molar-refractivity contribution in [3.63, 3.8) is 0 Å². The van der Waals surface area contributed by atoms with Gasteiger partial charge < -0.3 is 0 Å². The average molecular weight is 441 g/mol. The molecule has 0 bridgehead atoms. The van der Waals surface area contributed by atoms with Gasteiger partial charge in [0.2, 0.25) is 0 Å². The number of benzene rings is 1. The van der Waals surface area contributed by atoms with Gasteiger partial charge in [0.1, 0.15) is 0 Å². The van der Waals surface area contributed by atoms with E-state index >= 15 is 0 Å².